The summed E-state index contributed by atoms with van der Waals surface area (Å²) in [5.41, 5.74) is 2.53. The van der Waals surface area contributed by atoms with Gasteiger partial charge >= 0.3 is 0 Å². The number of ether oxygens (including phenoxy) is 1. The van der Waals surface area contributed by atoms with Crippen molar-refractivity contribution in [2.24, 2.45) is 0 Å². The summed E-state index contributed by atoms with van der Waals surface area (Å²) in [6, 6.07) is 13.1. The number of nitrogens with zero attached hydrogens (tertiary/aromatic N) is 4. The van der Waals surface area contributed by atoms with Gasteiger partial charge in [0.25, 0.3) is 0 Å². The number of allylic oxidation sites excluding steroid dienone is 1. The number of aromatic nitrogens is 3. The van der Waals surface area contributed by atoms with Crippen molar-refractivity contribution in [3.63, 3.8) is 0 Å². The van der Waals surface area contributed by atoms with Crippen molar-refractivity contribution in [2.75, 3.05) is 37.2 Å². The van der Waals surface area contributed by atoms with Gasteiger partial charge in [-0.2, -0.15) is 0 Å². The molecule has 1 N–H and O–H groups in total. The summed E-state index contributed by atoms with van der Waals surface area (Å²) in [6.45, 7) is 4.36. The van der Waals surface area contributed by atoms with E-state index in [9.17, 15) is 4.79 Å². The quantitative estimate of drug-likeness (QED) is 0.374. The molecule has 1 aromatic heterocycles. The van der Waals surface area contributed by atoms with Crippen LogP contribution in [0.5, 0.6) is 5.75 Å². The third kappa shape index (κ3) is 5.59. The summed E-state index contributed by atoms with van der Waals surface area (Å²) in [5, 5.41) is 12.6. The molecule has 0 unspecified atom stereocenters. The highest BCUT2D eigenvalue weighted by Crippen LogP contribution is 2.29. The maximum Gasteiger partial charge on any atom is 0.234 e. The van der Waals surface area contributed by atoms with Gasteiger partial charge in [-0.15, -0.1) is 16.8 Å². The van der Waals surface area contributed by atoms with Crippen molar-refractivity contribution < 1.29 is 9.53 Å². The summed E-state index contributed by atoms with van der Waals surface area (Å²) < 4.78 is 7.22. The lowest BCUT2D eigenvalue weighted by atomic mass is 10.2. The van der Waals surface area contributed by atoms with Gasteiger partial charge in [0.1, 0.15) is 5.75 Å². The molecule has 3 aromatic rings. The molecule has 1 amide bonds. The van der Waals surface area contributed by atoms with Gasteiger partial charge in [0.15, 0.2) is 11.0 Å². The van der Waals surface area contributed by atoms with Gasteiger partial charge < -0.3 is 15.0 Å². The van der Waals surface area contributed by atoms with Crippen molar-refractivity contribution in [2.45, 2.75) is 11.7 Å². The summed E-state index contributed by atoms with van der Waals surface area (Å²) in [7, 11) is 5.52. The van der Waals surface area contributed by atoms with Crippen molar-refractivity contribution in [3.8, 4) is 17.1 Å². The Kier molecular flexibility index (Phi) is 7.59. The largest absolute Gasteiger partial charge is 0.495 e. The first kappa shape index (κ1) is 22.7. The molecule has 1 heterocycles. The molecule has 0 fully saturated rings. The number of carbonyl (C=O) groups is 1. The molecule has 9 heteroatoms. The number of thioether (sulfide) groups is 1. The highest BCUT2D eigenvalue weighted by atomic mass is 35.5. The smallest absolute Gasteiger partial charge is 0.234 e. The number of rotatable bonds is 9. The Bertz CT molecular complexity index is 1080. The van der Waals surface area contributed by atoms with E-state index in [4.69, 9.17) is 16.3 Å². The molecule has 0 aliphatic heterocycles. The molecule has 7 nitrogen and oxygen atoms in total. The fourth-order valence-electron chi connectivity index (χ4n) is 2.92. The molecule has 0 saturated carbocycles. The van der Waals surface area contributed by atoms with Crippen LogP contribution in [0.1, 0.15) is 0 Å². The summed E-state index contributed by atoms with van der Waals surface area (Å²) in [5.74, 6) is 1.22. The monoisotopic (exact) mass is 457 g/mol. The lowest BCUT2D eigenvalue weighted by molar-refractivity contribution is -0.113. The number of nitrogens with one attached hydrogen (secondary N) is 1. The SMILES string of the molecule is C=CCn1c(SCC(=O)Nc2cc(Cl)ccc2OC)nnc1-c1cccc(N(C)C)c1. The van der Waals surface area contributed by atoms with Crippen LogP contribution in [0.3, 0.4) is 0 Å². The third-order valence-electron chi connectivity index (χ3n) is 4.42. The van der Waals surface area contributed by atoms with E-state index in [-0.39, 0.29) is 11.7 Å². The Labute approximate surface area is 191 Å². The highest BCUT2D eigenvalue weighted by molar-refractivity contribution is 7.99. The molecule has 0 aliphatic rings. The molecule has 162 valence electrons. The van der Waals surface area contributed by atoms with E-state index in [1.165, 1.54) is 18.9 Å². The molecule has 2 aromatic carbocycles. The predicted octanol–water partition coefficient (Wildman–Crippen LogP) is 4.59. The Morgan fingerprint density at radius 2 is 2.10 bits per heavy atom. The van der Waals surface area contributed by atoms with Crippen LogP contribution in [-0.4, -0.2) is 47.6 Å². The van der Waals surface area contributed by atoms with Gasteiger partial charge in [-0.25, -0.2) is 0 Å². The van der Waals surface area contributed by atoms with Crippen LogP contribution in [0.15, 0.2) is 60.3 Å². The first-order valence-corrected chi connectivity index (χ1v) is 10.9. The number of hydrogen-bond acceptors (Lipinski definition) is 6. The standard InChI is InChI=1S/C22H24ClN5O2S/c1-5-11-28-21(15-7-6-8-17(12-15)27(2)3)25-26-22(28)31-14-20(29)24-18-13-16(23)9-10-19(18)30-4/h5-10,12-13H,1,11,14H2,2-4H3,(H,24,29). The number of carbonyl (C=O) groups excluding carboxylic acids is 1. The molecule has 0 saturated heterocycles. The van der Waals surface area contributed by atoms with Crippen LogP contribution in [0.4, 0.5) is 11.4 Å². The number of anilines is 2. The lowest BCUT2D eigenvalue weighted by Gasteiger charge is -2.14. The summed E-state index contributed by atoms with van der Waals surface area (Å²) in [4.78, 5) is 14.5. The van der Waals surface area contributed by atoms with E-state index in [1.54, 1.807) is 24.3 Å². The average Bonchev–Trinajstić information content (AvgIpc) is 3.15. The van der Waals surface area contributed by atoms with Gasteiger partial charge in [0.2, 0.25) is 5.91 Å². The second-order valence-electron chi connectivity index (χ2n) is 6.83. The number of benzene rings is 2. The molecule has 0 aliphatic carbocycles. The summed E-state index contributed by atoms with van der Waals surface area (Å²) in [6.07, 6.45) is 1.78. The molecule has 0 bridgehead atoms. The zero-order valence-corrected chi connectivity index (χ0v) is 19.2. The molecule has 3 rings (SSSR count). The Morgan fingerprint density at radius 3 is 2.81 bits per heavy atom. The van der Waals surface area contributed by atoms with Crippen LogP contribution in [-0.2, 0) is 11.3 Å². The predicted molar refractivity (Wildman–Crippen MR) is 127 cm³/mol. The van der Waals surface area contributed by atoms with Gasteiger partial charge in [0.05, 0.1) is 18.6 Å². The minimum atomic E-state index is -0.199. The lowest BCUT2D eigenvalue weighted by Crippen LogP contribution is -2.15. The van der Waals surface area contributed by atoms with Gasteiger partial charge in [-0.1, -0.05) is 41.6 Å². The molecular weight excluding hydrogens is 434 g/mol. The maximum absolute atomic E-state index is 12.5. The van der Waals surface area contributed by atoms with Crippen LogP contribution < -0.4 is 15.0 Å². The summed E-state index contributed by atoms with van der Waals surface area (Å²) >= 11 is 7.33. The van der Waals surface area contributed by atoms with E-state index >= 15 is 0 Å². The van der Waals surface area contributed by atoms with Crippen LogP contribution in [0.2, 0.25) is 5.02 Å². The van der Waals surface area contributed by atoms with E-state index in [0.717, 1.165) is 17.1 Å². The molecule has 31 heavy (non-hydrogen) atoms. The highest BCUT2D eigenvalue weighted by Gasteiger charge is 2.16. The number of halogens is 1. The average molecular weight is 458 g/mol. The Balaban J connectivity index is 1.77. The third-order valence-corrected chi connectivity index (χ3v) is 5.62. The zero-order chi connectivity index (χ0) is 22.4. The molecule has 0 spiro atoms. The van der Waals surface area contributed by atoms with Crippen molar-refractivity contribution in [1.29, 1.82) is 0 Å². The second kappa shape index (κ2) is 10.4. The molecule has 0 radical (unpaired) electrons. The van der Waals surface area contributed by atoms with Crippen molar-refractivity contribution >= 4 is 40.6 Å². The Hall–Kier alpha value is -2.97. The number of hydrogen-bond donors (Lipinski definition) is 1. The van der Waals surface area contributed by atoms with Gasteiger partial charge in [0, 0.05) is 36.9 Å². The first-order valence-electron chi connectivity index (χ1n) is 9.51. The first-order chi connectivity index (χ1) is 14.9. The van der Waals surface area contributed by atoms with Crippen LogP contribution >= 0.6 is 23.4 Å². The van der Waals surface area contributed by atoms with E-state index in [1.807, 2.05) is 41.8 Å². The second-order valence-corrected chi connectivity index (χ2v) is 8.21. The zero-order valence-electron chi connectivity index (χ0n) is 17.6. The fraction of sp³-hybridized carbons (Fsp3) is 0.227. The van der Waals surface area contributed by atoms with Crippen LogP contribution in [0, 0.1) is 0 Å². The Morgan fingerprint density at radius 1 is 1.29 bits per heavy atom. The van der Waals surface area contributed by atoms with Crippen molar-refractivity contribution in [1.82, 2.24) is 14.8 Å². The molecular formula is C22H24ClN5O2S. The maximum atomic E-state index is 12.5. The van der Waals surface area contributed by atoms with E-state index in [0.29, 0.717) is 28.2 Å². The fourth-order valence-corrected chi connectivity index (χ4v) is 3.84. The normalized spacial score (nSPS) is 10.6. The minimum absolute atomic E-state index is 0.155. The van der Waals surface area contributed by atoms with Gasteiger partial charge in [-0.05, 0) is 30.3 Å². The molecule has 0 atom stereocenters. The number of amides is 1. The number of methoxy groups -OCH3 is 1. The van der Waals surface area contributed by atoms with Gasteiger partial charge in [-0.3, -0.25) is 9.36 Å². The van der Waals surface area contributed by atoms with Crippen LogP contribution in [0.25, 0.3) is 11.4 Å². The van der Waals surface area contributed by atoms with E-state index in [2.05, 4.69) is 28.2 Å². The minimum Gasteiger partial charge on any atom is -0.495 e. The topological polar surface area (TPSA) is 72.3 Å². The van der Waals surface area contributed by atoms with E-state index < -0.39 is 0 Å². The van der Waals surface area contributed by atoms with Crippen molar-refractivity contribution in [3.05, 3.63) is 60.1 Å².